The van der Waals surface area contributed by atoms with Crippen LogP contribution in [-0.2, 0) is 14.3 Å². The predicted molar refractivity (Wildman–Crippen MR) is 324 cm³/mol. The van der Waals surface area contributed by atoms with Gasteiger partial charge in [0.2, 0.25) is 5.91 Å². The molecule has 0 radical (unpaired) electrons. The van der Waals surface area contributed by atoms with Crippen LogP contribution in [0.15, 0.2) is 36.5 Å². The van der Waals surface area contributed by atoms with E-state index in [1.54, 1.807) is 6.08 Å². The van der Waals surface area contributed by atoms with Gasteiger partial charge < -0.3 is 20.3 Å². The molecule has 0 aromatic carbocycles. The molecule has 74 heavy (non-hydrogen) atoms. The number of rotatable bonds is 62. The number of aliphatic hydroxyl groups excluding tert-OH is 2. The van der Waals surface area contributed by atoms with Crippen molar-refractivity contribution >= 4 is 11.9 Å². The van der Waals surface area contributed by atoms with Gasteiger partial charge in [-0.2, -0.15) is 0 Å². The lowest BCUT2D eigenvalue weighted by molar-refractivity contribution is -0.143. The maximum absolute atomic E-state index is 12.5. The Bertz CT molecular complexity index is 1200. The van der Waals surface area contributed by atoms with Crippen LogP contribution in [-0.4, -0.2) is 47.4 Å². The molecular weight excluding hydrogens is 911 g/mol. The number of hydrogen-bond acceptors (Lipinski definition) is 5. The third kappa shape index (κ3) is 59.3. The molecule has 3 N–H and O–H groups in total. The largest absolute Gasteiger partial charge is 0.466 e. The molecule has 2 unspecified atom stereocenters. The van der Waals surface area contributed by atoms with Crippen LogP contribution in [0.1, 0.15) is 361 Å². The number of carbonyl (C=O) groups excluding carboxylic acids is 2. The summed E-state index contributed by atoms with van der Waals surface area (Å²) in [5, 5.41) is 23.2. The first-order valence-corrected chi connectivity index (χ1v) is 33.3. The maximum atomic E-state index is 12.5. The van der Waals surface area contributed by atoms with Gasteiger partial charge in [-0.3, -0.25) is 9.59 Å². The molecule has 2 atom stereocenters. The van der Waals surface area contributed by atoms with Crippen LogP contribution in [0, 0.1) is 0 Å². The van der Waals surface area contributed by atoms with Gasteiger partial charge in [-0.1, -0.05) is 301 Å². The Hall–Kier alpha value is -1.92. The van der Waals surface area contributed by atoms with E-state index < -0.39 is 12.1 Å². The zero-order valence-electron chi connectivity index (χ0n) is 49.8. The van der Waals surface area contributed by atoms with Crippen molar-refractivity contribution in [2.24, 2.45) is 0 Å². The fourth-order valence-corrected chi connectivity index (χ4v) is 10.3. The molecule has 0 aromatic heterocycles. The minimum absolute atomic E-state index is 0.0134. The highest BCUT2D eigenvalue weighted by atomic mass is 16.5. The highest BCUT2D eigenvalue weighted by molar-refractivity contribution is 5.76. The summed E-state index contributed by atoms with van der Waals surface area (Å²) >= 11 is 0. The monoisotopic (exact) mass is 1040 g/mol. The summed E-state index contributed by atoms with van der Waals surface area (Å²) in [6.45, 7) is 4.89. The van der Waals surface area contributed by atoms with Crippen LogP contribution >= 0.6 is 0 Å². The minimum atomic E-state index is -0.857. The van der Waals surface area contributed by atoms with Crippen molar-refractivity contribution in [3.63, 3.8) is 0 Å². The second-order valence-electron chi connectivity index (χ2n) is 22.8. The normalized spacial score (nSPS) is 12.8. The summed E-state index contributed by atoms with van der Waals surface area (Å²) < 4.78 is 5.48. The summed E-state index contributed by atoms with van der Waals surface area (Å²) in [6.07, 6.45) is 80.5. The van der Waals surface area contributed by atoms with E-state index in [1.807, 2.05) is 6.08 Å². The SMILES string of the molecule is CCCCCCCCC/C=C\CCCCCCCCCC(=O)OCCCCCC/C=C\CCCCCCCCCC(=O)NC(CO)C(O)/C=C/CCCCCCCCCCCCCCCCCCCCCCCC. The first kappa shape index (κ1) is 72.1. The molecule has 0 bridgehead atoms. The zero-order valence-corrected chi connectivity index (χ0v) is 49.8. The molecule has 0 heterocycles. The minimum Gasteiger partial charge on any atom is -0.466 e. The number of aliphatic hydroxyl groups is 2. The van der Waals surface area contributed by atoms with Crippen LogP contribution in [0.3, 0.4) is 0 Å². The fourth-order valence-electron chi connectivity index (χ4n) is 10.3. The smallest absolute Gasteiger partial charge is 0.305 e. The van der Waals surface area contributed by atoms with E-state index in [0.29, 0.717) is 19.4 Å². The molecule has 0 aliphatic rings. The topological polar surface area (TPSA) is 95.9 Å². The van der Waals surface area contributed by atoms with Crippen LogP contribution in [0.25, 0.3) is 0 Å². The average Bonchev–Trinajstić information content (AvgIpc) is 3.40. The Morgan fingerprint density at radius 2 is 0.635 bits per heavy atom. The van der Waals surface area contributed by atoms with Gasteiger partial charge in [-0.25, -0.2) is 0 Å². The highest BCUT2D eigenvalue weighted by Gasteiger charge is 2.18. The molecule has 0 aromatic rings. The first-order valence-electron chi connectivity index (χ1n) is 33.3. The Kier molecular flexibility index (Phi) is 62.0. The van der Waals surface area contributed by atoms with Gasteiger partial charge in [-0.15, -0.1) is 0 Å². The summed E-state index contributed by atoms with van der Waals surface area (Å²) in [7, 11) is 0. The van der Waals surface area contributed by atoms with Gasteiger partial charge in [0.25, 0.3) is 0 Å². The van der Waals surface area contributed by atoms with Crippen LogP contribution in [0.4, 0.5) is 0 Å². The third-order valence-electron chi connectivity index (χ3n) is 15.4. The highest BCUT2D eigenvalue weighted by Crippen LogP contribution is 2.18. The predicted octanol–water partition coefficient (Wildman–Crippen LogP) is 21.1. The van der Waals surface area contributed by atoms with Gasteiger partial charge in [0, 0.05) is 12.8 Å². The number of ether oxygens (including phenoxy) is 1. The average molecular weight is 1040 g/mol. The standard InChI is InChI=1S/C68H129NO5/c1-3-5-7-9-11-13-15-17-19-21-23-24-25-26-27-28-29-32-36-40-44-48-52-56-60-66(71)65(64-70)69-67(72)61-57-53-49-45-41-37-33-31-35-39-43-47-51-55-59-63-74-68(73)62-58-54-50-46-42-38-34-30-22-20-18-16-14-12-10-8-6-4-2/h20,22,35,39,56,60,65-66,70-71H,3-19,21,23-34,36-38,40-55,57-59,61-64H2,1-2H3,(H,69,72)/b22-20-,39-35-,60-56+. The number of allylic oxidation sites excluding steroid dienone is 5. The molecule has 436 valence electrons. The number of nitrogens with one attached hydrogen (secondary N) is 1. The number of carbonyl (C=O) groups is 2. The van der Waals surface area contributed by atoms with Crippen molar-refractivity contribution in [3.05, 3.63) is 36.5 Å². The zero-order chi connectivity index (χ0) is 53.6. The second kappa shape index (κ2) is 63.6. The van der Waals surface area contributed by atoms with Crippen molar-refractivity contribution in [1.29, 1.82) is 0 Å². The lowest BCUT2D eigenvalue weighted by atomic mass is 10.0. The number of esters is 1. The van der Waals surface area contributed by atoms with E-state index in [9.17, 15) is 19.8 Å². The van der Waals surface area contributed by atoms with E-state index >= 15 is 0 Å². The lowest BCUT2D eigenvalue weighted by Gasteiger charge is -2.20. The summed E-state index contributed by atoms with van der Waals surface area (Å²) in [5.74, 6) is -0.0935. The molecule has 6 heteroatoms. The molecule has 0 spiro atoms. The van der Waals surface area contributed by atoms with Gasteiger partial charge in [0.05, 0.1) is 25.4 Å². The van der Waals surface area contributed by atoms with E-state index in [-0.39, 0.29) is 18.5 Å². The van der Waals surface area contributed by atoms with Gasteiger partial charge in [0.15, 0.2) is 0 Å². The van der Waals surface area contributed by atoms with Crippen LogP contribution < -0.4 is 5.32 Å². The molecule has 0 saturated carbocycles. The van der Waals surface area contributed by atoms with Gasteiger partial charge in [0.1, 0.15) is 0 Å². The van der Waals surface area contributed by atoms with Gasteiger partial charge in [-0.05, 0) is 83.5 Å². The molecule has 0 fully saturated rings. The molecule has 0 saturated heterocycles. The van der Waals surface area contributed by atoms with Crippen molar-refractivity contribution < 1.29 is 24.5 Å². The molecular formula is C68H129NO5. The van der Waals surface area contributed by atoms with E-state index in [1.165, 1.54) is 263 Å². The fraction of sp³-hybridized carbons (Fsp3) is 0.882. The van der Waals surface area contributed by atoms with E-state index in [4.69, 9.17) is 4.74 Å². The summed E-state index contributed by atoms with van der Waals surface area (Å²) in [5.41, 5.74) is 0. The third-order valence-corrected chi connectivity index (χ3v) is 15.4. The van der Waals surface area contributed by atoms with E-state index in [2.05, 4.69) is 43.5 Å². The number of amides is 1. The quantitative estimate of drug-likeness (QED) is 0.0320. The molecule has 1 amide bonds. The number of hydrogen-bond donors (Lipinski definition) is 3. The van der Waals surface area contributed by atoms with Crippen molar-refractivity contribution in [2.45, 2.75) is 373 Å². The van der Waals surface area contributed by atoms with Crippen LogP contribution in [0.5, 0.6) is 0 Å². The van der Waals surface area contributed by atoms with Crippen LogP contribution in [0.2, 0.25) is 0 Å². The van der Waals surface area contributed by atoms with Gasteiger partial charge >= 0.3 is 5.97 Å². The molecule has 0 aliphatic heterocycles. The molecule has 0 rings (SSSR count). The Morgan fingerprint density at radius 3 is 0.959 bits per heavy atom. The Morgan fingerprint density at radius 1 is 0.365 bits per heavy atom. The number of unbranched alkanes of at least 4 members (excludes halogenated alkanes) is 47. The van der Waals surface area contributed by atoms with E-state index in [0.717, 1.165) is 70.6 Å². The summed E-state index contributed by atoms with van der Waals surface area (Å²) in [4.78, 5) is 24.6. The lowest BCUT2D eigenvalue weighted by Crippen LogP contribution is -2.45. The molecule has 6 nitrogen and oxygen atoms in total. The Balaban J connectivity index is 3.49. The van der Waals surface area contributed by atoms with Crippen molar-refractivity contribution in [1.82, 2.24) is 5.32 Å². The summed E-state index contributed by atoms with van der Waals surface area (Å²) in [6, 6.07) is -0.641. The maximum Gasteiger partial charge on any atom is 0.305 e. The van der Waals surface area contributed by atoms with Crippen molar-refractivity contribution in [2.75, 3.05) is 13.2 Å². The second-order valence-corrected chi connectivity index (χ2v) is 22.8. The Labute approximate surface area is 462 Å². The first-order chi connectivity index (χ1) is 36.5. The van der Waals surface area contributed by atoms with Crippen molar-refractivity contribution in [3.8, 4) is 0 Å². The molecule has 0 aliphatic carbocycles.